The van der Waals surface area contributed by atoms with E-state index in [1.807, 2.05) is 73.7 Å². The molecule has 5 nitrogen and oxygen atoms in total. The standard InChI is InChI=1S/C32H37BrN2O3/c1-3-24-16-17-30(28(33)19-24)38-22-31(36)35(21-26-13-9-10-23(2)18-26)29(20-25-11-5-4-6-12-25)32(37)34-27-14-7-8-15-27/h4-6,9-13,16-19,27,29H,3,7-8,14-15,20-22H2,1-2H3,(H,34,37)/t29-/m0/s1. The maximum Gasteiger partial charge on any atom is 0.261 e. The van der Waals surface area contributed by atoms with Crippen LogP contribution in [-0.4, -0.2) is 35.4 Å². The van der Waals surface area contributed by atoms with Gasteiger partial charge in [-0.3, -0.25) is 9.59 Å². The lowest BCUT2D eigenvalue weighted by atomic mass is 10.0. The maximum atomic E-state index is 13.8. The van der Waals surface area contributed by atoms with Crippen LogP contribution in [0, 0.1) is 6.92 Å². The van der Waals surface area contributed by atoms with Crippen molar-refractivity contribution in [1.29, 1.82) is 0 Å². The highest BCUT2D eigenvalue weighted by Gasteiger charge is 2.32. The van der Waals surface area contributed by atoms with Crippen molar-refractivity contribution in [2.24, 2.45) is 0 Å². The lowest BCUT2D eigenvalue weighted by molar-refractivity contribution is -0.143. The van der Waals surface area contributed by atoms with E-state index in [0.29, 0.717) is 18.7 Å². The van der Waals surface area contributed by atoms with Crippen molar-refractivity contribution in [3.05, 3.63) is 99.5 Å². The van der Waals surface area contributed by atoms with Gasteiger partial charge in [-0.1, -0.05) is 86.0 Å². The van der Waals surface area contributed by atoms with Crippen LogP contribution in [0.2, 0.25) is 0 Å². The van der Waals surface area contributed by atoms with Crippen LogP contribution < -0.4 is 10.1 Å². The summed E-state index contributed by atoms with van der Waals surface area (Å²) in [6, 6.07) is 23.4. The van der Waals surface area contributed by atoms with Crippen molar-refractivity contribution in [2.45, 2.75) is 71.0 Å². The summed E-state index contributed by atoms with van der Waals surface area (Å²) in [6.45, 7) is 4.30. The number of carbonyl (C=O) groups is 2. The molecule has 0 spiro atoms. The molecular weight excluding hydrogens is 540 g/mol. The van der Waals surface area contributed by atoms with E-state index in [4.69, 9.17) is 4.74 Å². The summed E-state index contributed by atoms with van der Waals surface area (Å²) in [5.41, 5.74) is 4.29. The molecule has 38 heavy (non-hydrogen) atoms. The molecule has 1 aliphatic carbocycles. The summed E-state index contributed by atoms with van der Waals surface area (Å²) in [5, 5.41) is 3.25. The first kappa shape index (κ1) is 27.9. The zero-order valence-electron chi connectivity index (χ0n) is 22.3. The Balaban J connectivity index is 1.61. The maximum absolute atomic E-state index is 13.8. The van der Waals surface area contributed by atoms with E-state index in [9.17, 15) is 9.59 Å². The molecule has 2 amide bonds. The Morgan fingerprint density at radius 2 is 1.71 bits per heavy atom. The van der Waals surface area contributed by atoms with Gasteiger partial charge >= 0.3 is 0 Å². The van der Waals surface area contributed by atoms with Gasteiger partial charge in [0.15, 0.2) is 6.61 Å². The second kappa shape index (κ2) is 13.6. The Kier molecular flexibility index (Phi) is 9.99. The molecule has 200 valence electrons. The molecule has 1 atom stereocenters. The monoisotopic (exact) mass is 576 g/mol. The van der Waals surface area contributed by atoms with Gasteiger partial charge in [0.05, 0.1) is 4.47 Å². The fourth-order valence-corrected chi connectivity index (χ4v) is 5.57. The van der Waals surface area contributed by atoms with Crippen LogP contribution in [0.25, 0.3) is 0 Å². The normalized spacial score (nSPS) is 14.2. The topological polar surface area (TPSA) is 58.6 Å². The van der Waals surface area contributed by atoms with Crippen molar-refractivity contribution in [1.82, 2.24) is 10.2 Å². The van der Waals surface area contributed by atoms with Gasteiger partial charge in [-0.05, 0) is 70.9 Å². The molecule has 0 bridgehead atoms. The first-order chi connectivity index (χ1) is 18.4. The third-order valence-electron chi connectivity index (χ3n) is 7.16. The fraction of sp³-hybridized carbons (Fsp3) is 0.375. The summed E-state index contributed by atoms with van der Waals surface area (Å²) >= 11 is 3.57. The molecule has 1 aliphatic rings. The van der Waals surface area contributed by atoms with Gasteiger partial charge in [-0.25, -0.2) is 0 Å². The van der Waals surface area contributed by atoms with E-state index >= 15 is 0 Å². The summed E-state index contributed by atoms with van der Waals surface area (Å²) < 4.78 is 6.80. The lowest BCUT2D eigenvalue weighted by Crippen LogP contribution is -2.53. The summed E-state index contributed by atoms with van der Waals surface area (Å²) in [5.74, 6) is 0.289. The number of nitrogens with zero attached hydrogens (tertiary/aromatic N) is 1. The minimum atomic E-state index is -0.652. The largest absolute Gasteiger partial charge is 0.483 e. The Labute approximate surface area is 234 Å². The van der Waals surface area contributed by atoms with Crippen molar-refractivity contribution in [2.75, 3.05) is 6.61 Å². The minimum Gasteiger partial charge on any atom is -0.483 e. The lowest BCUT2D eigenvalue weighted by Gasteiger charge is -2.32. The van der Waals surface area contributed by atoms with E-state index in [0.717, 1.165) is 53.3 Å². The molecule has 3 aromatic rings. The molecule has 0 aromatic heterocycles. The van der Waals surface area contributed by atoms with E-state index < -0.39 is 6.04 Å². The Bertz CT molecular complexity index is 1220. The van der Waals surface area contributed by atoms with Gasteiger partial charge in [0, 0.05) is 19.0 Å². The Morgan fingerprint density at radius 1 is 0.974 bits per heavy atom. The molecule has 0 heterocycles. The Hall–Kier alpha value is -3.12. The molecule has 1 saturated carbocycles. The number of carbonyl (C=O) groups excluding carboxylic acids is 2. The zero-order chi connectivity index (χ0) is 26.9. The number of halogens is 1. The van der Waals surface area contributed by atoms with Crippen molar-refractivity contribution in [3.63, 3.8) is 0 Å². The molecule has 0 aliphatic heterocycles. The number of hydrogen-bond donors (Lipinski definition) is 1. The third-order valence-corrected chi connectivity index (χ3v) is 7.78. The predicted octanol–water partition coefficient (Wildman–Crippen LogP) is 6.40. The van der Waals surface area contributed by atoms with Crippen molar-refractivity contribution < 1.29 is 14.3 Å². The van der Waals surface area contributed by atoms with Gasteiger partial charge in [-0.15, -0.1) is 0 Å². The molecule has 1 N–H and O–H groups in total. The van der Waals surface area contributed by atoms with Gasteiger partial charge in [0.1, 0.15) is 11.8 Å². The van der Waals surface area contributed by atoms with E-state index in [1.54, 1.807) is 4.90 Å². The van der Waals surface area contributed by atoms with E-state index in [1.165, 1.54) is 5.56 Å². The number of benzene rings is 3. The SMILES string of the molecule is CCc1ccc(OCC(=O)N(Cc2cccc(C)c2)[C@@H](Cc2ccccc2)C(=O)NC2CCCC2)c(Br)c1. The number of hydrogen-bond acceptors (Lipinski definition) is 3. The number of rotatable bonds is 11. The summed E-state index contributed by atoms with van der Waals surface area (Å²) in [4.78, 5) is 29.3. The highest BCUT2D eigenvalue weighted by atomic mass is 79.9. The van der Waals surface area contributed by atoms with Gasteiger partial charge in [0.25, 0.3) is 5.91 Å². The van der Waals surface area contributed by atoms with Crippen LogP contribution in [0.3, 0.4) is 0 Å². The predicted molar refractivity (Wildman–Crippen MR) is 155 cm³/mol. The molecule has 6 heteroatoms. The summed E-state index contributed by atoms with van der Waals surface area (Å²) in [6.07, 6.45) is 5.58. The number of ether oxygens (including phenoxy) is 1. The third kappa shape index (κ3) is 7.70. The van der Waals surface area contributed by atoms with Crippen LogP contribution >= 0.6 is 15.9 Å². The molecular formula is C32H37BrN2O3. The van der Waals surface area contributed by atoms with Gasteiger partial charge in [0.2, 0.25) is 5.91 Å². The van der Waals surface area contributed by atoms with E-state index in [2.05, 4.69) is 34.2 Å². The van der Waals surface area contributed by atoms with Gasteiger partial charge in [-0.2, -0.15) is 0 Å². The number of amides is 2. The zero-order valence-corrected chi connectivity index (χ0v) is 23.9. The number of nitrogens with one attached hydrogen (secondary N) is 1. The highest BCUT2D eigenvalue weighted by Crippen LogP contribution is 2.27. The van der Waals surface area contributed by atoms with Crippen molar-refractivity contribution >= 4 is 27.7 Å². The van der Waals surface area contributed by atoms with Gasteiger partial charge < -0.3 is 15.0 Å². The number of aryl methyl sites for hydroxylation is 2. The van der Waals surface area contributed by atoms with Crippen LogP contribution in [0.4, 0.5) is 0 Å². The molecule has 0 saturated heterocycles. The quantitative estimate of drug-likeness (QED) is 0.287. The van der Waals surface area contributed by atoms with Crippen LogP contribution in [0.1, 0.15) is 54.9 Å². The van der Waals surface area contributed by atoms with Crippen LogP contribution in [0.5, 0.6) is 5.75 Å². The van der Waals surface area contributed by atoms with Crippen LogP contribution in [-0.2, 0) is 29.0 Å². The average molecular weight is 578 g/mol. The molecule has 4 rings (SSSR count). The highest BCUT2D eigenvalue weighted by molar-refractivity contribution is 9.10. The average Bonchev–Trinajstić information content (AvgIpc) is 3.43. The van der Waals surface area contributed by atoms with E-state index in [-0.39, 0.29) is 24.5 Å². The smallest absolute Gasteiger partial charge is 0.261 e. The Morgan fingerprint density at radius 3 is 2.39 bits per heavy atom. The molecule has 1 fully saturated rings. The summed E-state index contributed by atoms with van der Waals surface area (Å²) in [7, 11) is 0. The van der Waals surface area contributed by atoms with Crippen LogP contribution in [0.15, 0.2) is 77.3 Å². The first-order valence-corrected chi connectivity index (χ1v) is 14.3. The second-order valence-electron chi connectivity index (χ2n) is 10.1. The minimum absolute atomic E-state index is 0.102. The molecule has 0 unspecified atom stereocenters. The second-order valence-corrected chi connectivity index (χ2v) is 11.0. The molecule has 3 aromatic carbocycles. The molecule has 0 radical (unpaired) electrons. The van der Waals surface area contributed by atoms with Crippen molar-refractivity contribution in [3.8, 4) is 5.75 Å². The fourth-order valence-electron chi connectivity index (χ4n) is 5.03. The first-order valence-electron chi connectivity index (χ1n) is 13.5.